The summed E-state index contributed by atoms with van der Waals surface area (Å²) in [5, 5.41) is 15.2. The third kappa shape index (κ3) is 13.5. The Morgan fingerprint density at radius 1 is 0.581 bits per heavy atom. The number of carbonyl (C=O) groups is 7. The van der Waals surface area contributed by atoms with Crippen LogP contribution in [0.2, 0.25) is 0 Å². The lowest BCUT2D eigenvalue weighted by atomic mass is 9.99. The quantitative estimate of drug-likeness (QED) is 0.0690. The van der Waals surface area contributed by atoms with Gasteiger partial charge in [-0.3, -0.25) is 28.8 Å². The normalized spacial score (nSPS) is 22.0. The average molecular weight is 1000 g/mol. The van der Waals surface area contributed by atoms with Crippen molar-refractivity contribution in [3.63, 3.8) is 0 Å². The van der Waals surface area contributed by atoms with Crippen molar-refractivity contribution in [3.8, 4) is 5.75 Å². The molecule has 384 valence electrons. The fourth-order valence-corrected chi connectivity index (χ4v) is 9.44. The van der Waals surface area contributed by atoms with Crippen LogP contribution in [-0.4, -0.2) is 101 Å². The zero-order chi connectivity index (χ0) is 52.0. The molecule has 0 aliphatic carbocycles. The summed E-state index contributed by atoms with van der Waals surface area (Å²) < 4.78 is 11.4. The Morgan fingerprint density at radius 3 is 1.84 bits per heavy atom. The lowest BCUT2D eigenvalue weighted by Crippen LogP contribution is -2.61. The smallest absolute Gasteiger partial charge is 0.404 e. The van der Waals surface area contributed by atoms with E-state index in [2.05, 4.69) is 31.6 Å². The SMILES string of the molecule is NCCCC[C@@H]1NC(=O)[C@@H](Cc2c[nH]c3ccccc23)NC(=O)[C@H](c2ccccc2)NC(=O)[C@@H]2C[C@@H](OC(N)=O)CN2C(=O)[C@H](Cc2ccccc2)NC(=O)[C@H](Cc2ccc(OCc3ccccc3)cc2)NC1=O. The first kappa shape index (κ1) is 51.8. The Hall–Kier alpha value is -8.51. The monoisotopic (exact) mass is 1000 g/mol. The average Bonchev–Trinajstić information content (AvgIpc) is 4.03. The van der Waals surface area contributed by atoms with Gasteiger partial charge in [0.05, 0.1) is 6.54 Å². The van der Waals surface area contributed by atoms with Crippen LogP contribution in [0.3, 0.4) is 0 Å². The van der Waals surface area contributed by atoms with Crippen LogP contribution in [0.15, 0.2) is 146 Å². The predicted molar refractivity (Wildman–Crippen MR) is 276 cm³/mol. The molecule has 7 amide bonds. The van der Waals surface area contributed by atoms with E-state index in [1.807, 2.05) is 54.6 Å². The summed E-state index contributed by atoms with van der Waals surface area (Å²) in [5.41, 5.74) is 15.5. The highest BCUT2D eigenvalue weighted by Gasteiger charge is 2.45. The molecule has 2 aliphatic heterocycles. The van der Waals surface area contributed by atoms with Crippen LogP contribution in [0.5, 0.6) is 5.75 Å². The fourth-order valence-electron chi connectivity index (χ4n) is 9.44. The van der Waals surface area contributed by atoms with Crippen molar-refractivity contribution in [1.29, 1.82) is 0 Å². The predicted octanol–water partition coefficient (Wildman–Crippen LogP) is 3.78. The van der Waals surface area contributed by atoms with Crippen molar-refractivity contribution in [3.05, 3.63) is 174 Å². The second kappa shape index (κ2) is 24.7. The van der Waals surface area contributed by atoms with Crippen LogP contribution in [0.1, 0.15) is 59.5 Å². The molecule has 0 spiro atoms. The lowest BCUT2D eigenvalue weighted by Gasteiger charge is -2.32. The number of primary amides is 1. The number of unbranched alkanes of at least 4 members (excludes halogenated alkanes) is 1. The summed E-state index contributed by atoms with van der Waals surface area (Å²) in [6.07, 6.45) is 0.292. The van der Waals surface area contributed by atoms with Crippen molar-refractivity contribution >= 4 is 52.4 Å². The van der Waals surface area contributed by atoms with Gasteiger partial charge in [0.1, 0.15) is 54.7 Å². The zero-order valence-corrected chi connectivity index (χ0v) is 40.7. The highest BCUT2D eigenvalue weighted by atomic mass is 16.6. The number of rotatable bonds is 15. The van der Waals surface area contributed by atoms with Gasteiger partial charge < -0.3 is 57.4 Å². The van der Waals surface area contributed by atoms with E-state index in [0.717, 1.165) is 16.5 Å². The van der Waals surface area contributed by atoms with E-state index in [9.17, 15) is 28.8 Å². The van der Waals surface area contributed by atoms with Crippen molar-refractivity contribution in [2.75, 3.05) is 13.1 Å². The molecular formula is C56H61N9O9. The number of nitrogens with zero attached hydrogens (tertiary/aromatic N) is 1. The lowest BCUT2D eigenvalue weighted by molar-refractivity contribution is -0.143. The second-order valence-corrected chi connectivity index (χ2v) is 18.6. The number of nitrogens with one attached hydrogen (secondary N) is 6. The standard InChI is InChI=1S/C56H61N9O9/c57-27-13-12-22-44-50(66)61-45(28-36-23-25-40(26-24-36)73-34-37-16-6-2-7-17-37)51(67)63-47(29-35-14-4-1-5-15-35)55(71)65-33-41(74-56(58)72)31-48(65)53(69)64-49(38-18-8-3-9-19-38)54(70)62-46(52(68)60-44)30-39-32-59-43-21-11-10-20-42(39)43/h1-11,14-21,23-26,32,41,44-49,59H,12-13,22,27-31,33-34,57H2,(H2,58,72)(H,60,68)(H,61,66)(H,62,70)(H,63,67)(H,64,69)/t41-,44+,45+,46-,47+,48+,49+/m1/s1. The second-order valence-electron chi connectivity index (χ2n) is 18.6. The number of para-hydroxylation sites is 1. The topological polar surface area (TPSA) is 269 Å². The van der Waals surface area contributed by atoms with Gasteiger partial charge in [0.2, 0.25) is 35.4 Å². The van der Waals surface area contributed by atoms with E-state index in [0.29, 0.717) is 54.0 Å². The number of amides is 7. The third-order valence-electron chi connectivity index (χ3n) is 13.3. The molecule has 0 bridgehead atoms. The summed E-state index contributed by atoms with van der Waals surface area (Å²) in [6.45, 7) is 0.359. The Morgan fingerprint density at radius 2 is 1.15 bits per heavy atom. The van der Waals surface area contributed by atoms with Gasteiger partial charge in [-0.15, -0.1) is 0 Å². The number of nitrogens with two attached hydrogens (primary N) is 2. The molecule has 7 atom stereocenters. The van der Waals surface area contributed by atoms with Crippen molar-refractivity contribution < 1.29 is 43.0 Å². The molecule has 5 aromatic carbocycles. The van der Waals surface area contributed by atoms with E-state index in [-0.39, 0.29) is 38.6 Å². The molecule has 8 rings (SSSR count). The minimum atomic E-state index is -1.41. The largest absolute Gasteiger partial charge is 0.489 e. The molecule has 0 unspecified atom stereocenters. The number of fused-ring (bicyclic) bond motifs is 2. The van der Waals surface area contributed by atoms with Crippen LogP contribution >= 0.6 is 0 Å². The molecule has 6 aromatic rings. The van der Waals surface area contributed by atoms with Crippen LogP contribution in [0, 0.1) is 0 Å². The molecule has 2 aliphatic rings. The van der Waals surface area contributed by atoms with Crippen molar-refractivity contribution in [1.82, 2.24) is 36.5 Å². The first-order chi connectivity index (χ1) is 35.9. The highest BCUT2D eigenvalue weighted by molar-refractivity contribution is 5.99. The summed E-state index contributed by atoms with van der Waals surface area (Å²) in [4.78, 5) is 106. The van der Waals surface area contributed by atoms with Gasteiger partial charge in [-0.25, -0.2) is 4.79 Å². The van der Waals surface area contributed by atoms with Gasteiger partial charge in [-0.1, -0.05) is 121 Å². The van der Waals surface area contributed by atoms with Crippen LogP contribution in [0.4, 0.5) is 4.79 Å². The maximum absolute atomic E-state index is 15.1. The summed E-state index contributed by atoms with van der Waals surface area (Å²) in [5.74, 6) is -3.80. The Labute approximate surface area is 428 Å². The molecule has 1 aromatic heterocycles. The molecule has 0 radical (unpaired) electrons. The van der Waals surface area contributed by atoms with Crippen LogP contribution in [-0.2, 0) is 59.4 Å². The first-order valence-corrected chi connectivity index (χ1v) is 24.8. The van der Waals surface area contributed by atoms with E-state index in [1.54, 1.807) is 91.1 Å². The molecule has 0 saturated carbocycles. The van der Waals surface area contributed by atoms with Crippen molar-refractivity contribution in [2.24, 2.45) is 11.5 Å². The highest BCUT2D eigenvalue weighted by Crippen LogP contribution is 2.26. The number of ether oxygens (including phenoxy) is 2. The van der Waals surface area contributed by atoms with Gasteiger partial charge in [0.25, 0.3) is 0 Å². The number of H-pyrrole nitrogens is 1. The summed E-state index contributed by atoms with van der Waals surface area (Å²) in [6, 6.07) is 33.5. The molecule has 18 heteroatoms. The maximum atomic E-state index is 15.1. The van der Waals surface area contributed by atoms with Crippen LogP contribution in [0.25, 0.3) is 10.9 Å². The molecule has 2 fully saturated rings. The molecule has 10 N–H and O–H groups in total. The number of benzene rings is 5. The van der Waals surface area contributed by atoms with Crippen molar-refractivity contribution in [2.45, 2.75) is 93.9 Å². The molecule has 3 heterocycles. The number of carbonyl (C=O) groups excluding carboxylic acids is 7. The van der Waals surface area contributed by atoms with Crippen LogP contribution < -0.4 is 42.8 Å². The molecule has 18 nitrogen and oxygen atoms in total. The maximum Gasteiger partial charge on any atom is 0.404 e. The Kier molecular flexibility index (Phi) is 17.3. The number of aromatic nitrogens is 1. The molecular weight excluding hydrogens is 943 g/mol. The van der Waals surface area contributed by atoms with E-state index < -0.39 is 83.9 Å². The first-order valence-electron chi connectivity index (χ1n) is 24.8. The summed E-state index contributed by atoms with van der Waals surface area (Å²) >= 11 is 0. The van der Waals surface area contributed by atoms with E-state index in [1.165, 1.54) is 4.90 Å². The minimum absolute atomic E-state index is 0.0376. The zero-order valence-electron chi connectivity index (χ0n) is 40.7. The van der Waals surface area contributed by atoms with Gasteiger partial charge in [-0.05, 0) is 71.8 Å². The number of aromatic amines is 1. The Bertz CT molecular complexity index is 2900. The number of hydrogen-bond donors (Lipinski definition) is 8. The minimum Gasteiger partial charge on any atom is -0.489 e. The molecule has 2 saturated heterocycles. The fraction of sp³-hybridized carbons (Fsp3) is 0.304. The summed E-state index contributed by atoms with van der Waals surface area (Å²) in [7, 11) is 0. The van der Waals surface area contributed by atoms with Gasteiger partial charge in [0, 0.05) is 42.8 Å². The Balaban J connectivity index is 1.19. The van der Waals surface area contributed by atoms with Gasteiger partial charge in [0.15, 0.2) is 0 Å². The number of hydrogen-bond acceptors (Lipinski definition) is 10. The van der Waals surface area contributed by atoms with E-state index >= 15 is 4.79 Å². The van der Waals surface area contributed by atoms with Gasteiger partial charge >= 0.3 is 6.09 Å². The molecule has 74 heavy (non-hydrogen) atoms. The van der Waals surface area contributed by atoms with E-state index in [4.69, 9.17) is 20.9 Å². The third-order valence-corrected chi connectivity index (χ3v) is 13.3. The van der Waals surface area contributed by atoms with Gasteiger partial charge in [-0.2, -0.15) is 0 Å².